The maximum atomic E-state index is 13.7. The molecule has 1 N–H and O–H groups in total. The molecule has 2 heterocycles. The van der Waals surface area contributed by atoms with E-state index in [1.165, 1.54) is 6.07 Å². The molecule has 0 unspecified atom stereocenters. The summed E-state index contributed by atoms with van der Waals surface area (Å²) in [5.41, 5.74) is 5.57. The monoisotopic (exact) mass is 360 g/mol. The summed E-state index contributed by atoms with van der Waals surface area (Å²) < 4.78 is 15.8. The van der Waals surface area contributed by atoms with Gasteiger partial charge in [0.1, 0.15) is 11.6 Å². The van der Waals surface area contributed by atoms with Crippen LogP contribution in [0.3, 0.4) is 0 Å². The molecule has 0 saturated heterocycles. The van der Waals surface area contributed by atoms with Crippen molar-refractivity contribution in [1.82, 2.24) is 14.5 Å². The lowest BCUT2D eigenvalue weighted by Gasteiger charge is -2.10. The molecule has 4 rings (SSSR count). The van der Waals surface area contributed by atoms with Crippen molar-refractivity contribution < 1.29 is 4.39 Å². The van der Waals surface area contributed by atoms with Crippen molar-refractivity contribution in [2.45, 2.75) is 26.8 Å². The van der Waals surface area contributed by atoms with Gasteiger partial charge in [-0.3, -0.25) is 4.98 Å². The van der Waals surface area contributed by atoms with Crippen molar-refractivity contribution in [3.8, 4) is 11.4 Å². The molecule has 0 aliphatic carbocycles. The van der Waals surface area contributed by atoms with Gasteiger partial charge >= 0.3 is 0 Å². The number of hydrogen-bond donors (Lipinski definition) is 1. The van der Waals surface area contributed by atoms with Crippen LogP contribution in [0.4, 0.5) is 15.8 Å². The average molecular weight is 360 g/mol. The van der Waals surface area contributed by atoms with Crippen LogP contribution < -0.4 is 5.32 Å². The molecule has 27 heavy (non-hydrogen) atoms. The van der Waals surface area contributed by atoms with Gasteiger partial charge < -0.3 is 9.88 Å². The van der Waals surface area contributed by atoms with Crippen LogP contribution in [0.1, 0.15) is 19.0 Å². The standard InChI is InChI=1S/C22H21FN4/c1-3-12-27-21-13-17(23)7-11-20(21)26-22(27)16-5-9-18(10-6-16)25-19-8-4-15(2)24-14-19/h4-11,13-14,25H,3,12H2,1-2H3. The van der Waals surface area contributed by atoms with Gasteiger partial charge in [-0.25, -0.2) is 9.37 Å². The fourth-order valence-corrected chi connectivity index (χ4v) is 3.18. The lowest BCUT2D eigenvalue weighted by molar-refractivity contribution is 0.627. The maximum absolute atomic E-state index is 13.7. The predicted octanol–water partition coefficient (Wildman–Crippen LogP) is 5.70. The van der Waals surface area contributed by atoms with E-state index in [9.17, 15) is 4.39 Å². The van der Waals surface area contributed by atoms with Crippen LogP contribution in [0.5, 0.6) is 0 Å². The van der Waals surface area contributed by atoms with Crippen LogP contribution in [0.25, 0.3) is 22.4 Å². The summed E-state index contributed by atoms with van der Waals surface area (Å²) in [6.45, 7) is 4.87. The number of pyridine rings is 1. The fourth-order valence-electron chi connectivity index (χ4n) is 3.18. The van der Waals surface area contributed by atoms with Gasteiger partial charge in [0, 0.05) is 23.5 Å². The van der Waals surface area contributed by atoms with E-state index < -0.39 is 0 Å². The number of nitrogens with zero attached hydrogens (tertiary/aromatic N) is 3. The quantitative estimate of drug-likeness (QED) is 0.496. The van der Waals surface area contributed by atoms with E-state index >= 15 is 0 Å². The first kappa shape index (κ1) is 17.2. The Kier molecular flexibility index (Phi) is 4.59. The number of benzene rings is 2. The van der Waals surface area contributed by atoms with Gasteiger partial charge in [0.05, 0.1) is 22.9 Å². The number of nitrogens with one attached hydrogen (secondary N) is 1. The summed E-state index contributed by atoms with van der Waals surface area (Å²) in [5.74, 6) is 0.624. The van der Waals surface area contributed by atoms with E-state index in [4.69, 9.17) is 4.98 Å². The Hall–Kier alpha value is -3.21. The Morgan fingerprint density at radius 1 is 1.00 bits per heavy atom. The van der Waals surface area contributed by atoms with Gasteiger partial charge in [-0.2, -0.15) is 0 Å². The highest BCUT2D eigenvalue weighted by Gasteiger charge is 2.13. The Bertz CT molecular complexity index is 1070. The van der Waals surface area contributed by atoms with E-state index in [-0.39, 0.29) is 5.82 Å². The number of aryl methyl sites for hydroxylation is 2. The molecule has 0 saturated carbocycles. The zero-order valence-corrected chi connectivity index (χ0v) is 15.4. The number of aromatic nitrogens is 3. The lowest BCUT2D eigenvalue weighted by Crippen LogP contribution is -2.00. The molecule has 0 amide bonds. The highest BCUT2D eigenvalue weighted by molar-refractivity contribution is 5.81. The summed E-state index contributed by atoms with van der Waals surface area (Å²) in [5, 5.41) is 3.34. The summed E-state index contributed by atoms with van der Waals surface area (Å²) in [6.07, 6.45) is 2.77. The Morgan fingerprint density at radius 2 is 1.78 bits per heavy atom. The van der Waals surface area contributed by atoms with Crippen molar-refractivity contribution in [1.29, 1.82) is 0 Å². The molecule has 0 atom stereocenters. The van der Waals surface area contributed by atoms with Crippen LogP contribution in [-0.2, 0) is 6.54 Å². The van der Waals surface area contributed by atoms with Crippen molar-refractivity contribution in [2.24, 2.45) is 0 Å². The van der Waals surface area contributed by atoms with Crippen molar-refractivity contribution in [2.75, 3.05) is 5.32 Å². The second-order valence-corrected chi connectivity index (χ2v) is 6.61. The normalized spacial score (nSPS) is 11.1. The molecule has 0 bridgehead atoms. The molecule has 0 radical (unpaired) electrons. The molecular weight excluding hydrogens is 339 g/mol. The second-order valence-electron chi connectivity index (χ2n) is 6.61. The topological polar surface area (TPSA) is 42.7 Å². The Labute approximate surface area is 157 Å². The van der Waals surface area contributed by atoms with Crippen LogP contribution in [-0.4, -0.2) is 14.5 Å². The van der Waals surface area contributed by atoms with E-state index in [0.29, 0.717) is 0 Å². The van der Waals surface area contributed by atoms with Gasteiger partial charge in [0.2, 0.25) is 0 Å². The van der Waals surface area contributed by atoms with Crippen LogP contribution in [0.2, 0.25) is 0 Å². The van der Waals surface area contributed by atoms with Crippen molar-refractivity contribution in [3.05, 3.63) is 72.3 Å². The second kappa shape index (κ2) is 7.19. The van der Waals surface area contributed by atoms with E-state index in [1.807, 2.05) is 49.5 Å². The summed E-state index contributed by atoms with van der Waals surface area (Å²) in [7, 11) is 0. The maximum Gasteiger partial charge on any atom is 0.141 e. The van der Waals surface area contributed by atoms with E-state index in [2.05, 4.69) is 21.8 Å². The largest absolute Gasteiger partial charge is 0.354 e. The molecule has 0 spiro atoms. The van der Waals surface area contributed by atoms with Gasteiger partial charge in [-0.15, -0.1) is 0 Å². The third kappa shape index (κ3) is 3.53. The number of fused-ring (bicyclic) bond motifs is 1. The smallest absolute Gasteiger partial charge is 0.141 e. The van der Waals surface area contributed by atoms with E-state index in [1.54, 1.807) is 12.1 Å². The van der Waals surface area contributed by atoms with Gasteiger partial charge in [-0.05, 0) is 67.9 Å². The Balaban J connectivity index is 1.67. The van der Waals surface area contributed by atoms with Gasteiger partial charge in [0.15, 0.2) is 0 Å². The molecule has 136 valence electrons. The minimum Gasteiger partial charge on any atom is -0.354 e. The third-order valence-electron chi connectivity index (χ3n) is 4.50. The zero-order chi connectivity index (χ0) is 18.8. The number of imidazole rings is 1. The summed E-state index contributed by atoms with van der Waals surface area (Å²) in [4.78, 5) is 9.03. The first-order chi connectivity index (χ1) is 13.1. The van der Waals surface area contributed by atoms with Crippen LogP contribution in [0, 0.1) is 12.7 Å². The highest BCUT2D eigenvalue weighted by atomic mass is 19.1. The van der Waals surface area contributed by atoms with Gasteiger partial charge in [0.25, 0.3) is 0 Å². The first-order valence-electron chi connectivity index (χ1n) is 9.10. The molecule has 0 aliphatic heterocycles. The zero-order valence-electron chi connectivity index (χ0n) is 15.4. The van der Waals surface area contributed by atoms with Crippen molar-refractivity contribution >= 4 is 22.4 Å². The molecule has 0 aliphatic rings. The highest BCUT2D eigenvalue weighted by Crippen LogP contribution is 2.27. The molecule has 2 aromatic carbocycles. The SMILES string of the molecule is CCCn1c(-c2ccc(Nc3ccc(C)nc3)cc2)nc2ccc(F)cc21. The predicted molar refractivity (Wildman–Crippen MR) is 108 cm³/mol. The first-order valence-corrected chi connectivity index (χ1v) is 9.10. The molecule has 4 aromatic rings. The minimum absolute atomic E-state index is 0.238. The van der Waals surface area contributed by atoms with Gasteiger partial charge in [-0.1, -0.05) is 6.92 Å². The number of anilines is 2. The minimum atomic E-state index is -0.238. The molecule has 4 nitrogen and oxygen atoms in total. The molecule has 5 heteroatoms. The van der Waals surface area contributed by atoms with Crippen LogP contribution >= 0.6 is 0 Å². The fraction of sp³-hybridized carbons (Fsp3) is 0.182. The van der Waals surface area contributed by atoms with Crippen molar-refractivity contribution in [3.63, 3.8) is 0 Å². The number of rotatable bonds is 5. The lowest BCUT2D eigenvalue weighted by atomic mass is 10.2. The molecule has 0 fully saturated rings. The third-order valence-corrected chi connectivity index (χ3v) is 4.50. The number of halogens is 1. The number of hydrogen-bond acceptors (Lipinski definition) is 3. The average Bonchev–Trinajstić information content (AvgIpc) is 3.02. The summed E-state index contributed by atoms with van der Waals surface area (Å²) >= 11 is 0. The molecular formula is C22H21FN4. The Morgan fingerprint density at radius 3 is 2.48 bits per heavy atom. The van der Waals surface area contributed by atoms with E-state index in [0.717, 1.165) is 52.5 Å². The van der Waals surface area contributed by atoms with Crippen LogP contribution in [0.15, 0.2) is 60.8 Å². The summed E-state index contributed by atoms with van der Waals surface area (Å²) in [6, 6.07) is 16.8. The molecule has 2 aromatic heterocycles.